The fourth-order valence-electron chi connectivity index (χ4n) is 2.27. The van der Waals surface area contributed by atoms with Gasteiger partial charge in [-0.05, 0) is 20.4 Å². The zero-order chi connectivity index (χ0) is 12.7. The second-order valence-electron chi connectivity index (χ2n) is 4.72. The summed E-state index contributed by atoms with van der Waals surface area (Å²) in [6.45, 7) is 5.67. The Morgan fingerprint density at radius 2 is 2.35 bits per heavy atom. The Kier molecular flexibility index (Phi) is 6.99. The largest absolute Gasteiger partial charge is 0.390 e. The van der Waals surface area contributed by atoms with E-state index in [1.165, 1.54) is 0 Å². The molecule has 0 spiro atoms. The number of hydrogen-bond donors (Lipinski definition) is 2. The molecule has 0 aromatic heterocycles. The highest BCUT2D eigenvalue weighted by molar-refractivity contribution is 4.81. The van der Waals surface area contributed by atoms with E-state index >= 15 is 0 Å². The summed E-state index contributed by atoms with van der Waals surface area (Å²) in [4.78, 5) is 2.19. The van der Waals surface area contributed by atoms with E-state index in [9.17, 15) is 5.11 Å². The zero-order valence-electron chi connectivity index (χ0n) is 11.2. The predicted octanol–water partition coefficient (Wildman–Crippen LogP) is -0.307. The van der Waals surface area contributed by atoms with Crippen molar-refractivity contribution in [3.05, 3.63) is 0 Å². The van der Waals surface area contributed by atoms with Gasteiger partial charge in [-0.15, -0.1) is 0 Å². The molecule has 5 nitrogen and oxygen atoms in total. The summed E-state index contributed by atoms with van der Waals surface area (Å²) in [5, 5.41) is 13.0. The molecular weight excluding hydrogens is 220 g/mol. The number of likely N-dealkylation sites (N-methyl/N-ethyl adjacent to an activating group) is 1. The van der Waals surface area contributed by atoms with Crippen LogP contribution in [0.15, 0.2) is 0 Å². The van der Waals surface area contributed by atoms with Crippen LogP contribution in [-0.2, 0) is 9.47 Å². The maximum absolute atomic E-state index is 9.88. The van der Waals surface area contributed by atoms with Gasteiger partial charge in [0.2, 0.25) is 0 Å². The summed E-state index contributed by atoms with van der Waals surface area (Å²) >= 11 is 0. The van der Waals surface area contributed by atoms with E-state index in [4.69, 9.17) is 9.47 Å². The van der Waals surface area contributed by atoms with Gasteiger partial charge in [0.15, 0.2) is 0 Å². The third kappa shape index (κ3) is 5.31. The Morgan fingerprint density at radius 3 is 2.94 bits per heavy atom. The van der Waals surface area contributed by atoms with Crippen LogP contribution >= 0.6 is 0 Å². The molecule has 0 saturated carbocycles. The van der Waals surface area contributed by atoms with Crippen LogP contribution in [-0.4, -0.2) is 75.3 Å². The van der Waals surface area contributed by atoms with E-state index < -0.39 is 0 Å². The van der Waals surface area contributed by atoms with Gasteiger partial charge < -0.3 is 19.9 Å². The average molecular weight is 246 g/mol. The maximum Gasteiger partial charge on any atom is 0.0791 e. The van der Waals surface area contributed by atoms with Crippen LogP contribution in [0.4, 0.5) is 0 Å². The number of nitrogens with zero attached hydrogens (tertiary/aromatic N) is 1. The minimum Gasteiger partial charge on any atom is -0.390 e. The van der Waals surface area contributed by atoms with Crippen LogP contribution in [0, 0.1) is 0 Å². The number of aliphatic hydroxyl groups excluding tert-OH is 1. The first kappa shape index (κ1) is 14.9. The molecule has 1 rings (SSSR count). The van der Waals surface area contributed by atoms with Gasteiger partial charge in [-0.1, -0.05) is 0 Å². The second-order valence-corrected chi connectivity index (χ2v) is 4.72. The van der Waals surface area contributed by atoms with E-state index in [2.05, 4.69) is 17.1 Å². The molecule has 3 unspecified atom stereocenters. The lowest BCUT2D eigenvalue weighted by Crippen LogP contribution is -2.44. The lowest BCUT2D eigenvalue weighted by Gasteiger charge is -2.28. The first-order chi connectivity index (χ1) is 8.15. The highest BCUT2D eigenvalue weighted by Gasteiger charge is 2.28. The maximum atomic E-state index is 9.88. The first-order valence-corrected chi connectivity index (χ1v) is 6.34. The summed E-state index contributed by atoms with van der Waals surface area (Å²) in [6.07, 6.45) is 0.986. The van der Waals surface area contributed by atoms with Crippen LogP contribution in [0.1, 0.15) is 13.3 Å². The quantitative estimate of drug-likeness (QED) is 0.576. The highest BCUT2D eigenvalue weighted by atomic mass is 16.5. The molecule has 17 heavy (non-hydrogen) atoms. The third-order valence-corrected chi connectivity index (χ3v) is 3.26. The number of methoxy groups -OCH3 is 1. The zero-order valence-corrected chi connectivity index (χ0v) is 11.2. The van der Waals surface area contributed by atoms with E-state index in [1.807, 2.05) is 7.05 Å². The Bertz CT molecular complexity index is 204. The third-order valence-electron chi connectivity index (χ3n) is 3.26. The Hall–Kier alpha value is -0.200. The molecule has 0 bridgehead atoms. The first-order valence-electron chi connectivity index (χ1n) is 6.34. The van der Waals surface area contributed by atoms with Gasteiger partial charge in [0, 0.05) is 39.4 Å². The van der Waals surface area contributed by atoms with Crippen LogP contribution in [0.5, 0.6) is 0 Å². The topological polar surface area (TPSA) is 54.0 Å². The van der Waals surface area contributed by atoms with E-state index in [1.54, 1.807) is 7.11 Å². The number of hydrogen-bond acceptors (Lipinski definition) is 5. The van der Waals surface area contributed by atoms with Gasteiger partial charge >= 0.3 is 0 Å². The summed E-state index contributed by atoms with van der Waals surface area (Å²) < 4.78 is 10.5. The van der Waals surface area contributed by atoms with Crippen molar-refractivity contribution in [2.24, 2.45) is 0 Å². The normalized spacial score (nSPS) is 26.6. The number of aliphatic hydroxyl groups is 1. The number of rotatable bonds is 8. The predicted molar refractivity (Wildman–Crippen MR) is 67.2 cm³/mol. The standard InChI is InChI=1S/C12H26N2O3/c1-10-12(4-6-17-10)14(2)9-11(15)8-13-5-7-16-3/h10-13,15H,4-9H2,1-3H3. The monoisotopic (exact) mass is 246 g/mol. The molecule has 1 saturated heterocycles. The average Bonchev–Trinajstić information content (AvgIpc) is 2.71. The van der Waals surface area contributed by atoms with Crippen molar-refractivity contribution in [2.45, 2.75) is 31.6 Å². The Balaban J connectivity index is 2.14. The molecule has 0 amide bonds. The van der Waals surface area contributed by atoms with E-state index in [0.29, 0.717) is 25.7 Å². The SMILES string of the molecule is COCCNCC(O)CN(C)C1CCOC1C. The Labute approximate surface area is 104 Å². The van der Waals surface area contributed by atoms with Crippen molar-refractivity contribution >= 4 is 0 Å². The molecule has 0 aromatic rings. The molecule has 0 radical (unpaired) electrons. The molecule has 3 atom stereocenters. The molecule has 102 valence electrons. The summed E-state index contributed by atoms with van der Waals surface area (Å²) in [5.74, 6) is 0. The van der Waals surface area contributed by atoms with Gasteiger partial charge in [0.25, 0.3) is 0 Å². The summed E-state index contributed by atoms with van der Waals surface area (Å²) in [5.41, 5.74) is 0. The van der Waals surface area contributed by atoms with Crippen molar-refractivity contribution in [1.29, 1.82) is 0 Å². The highest BCUT2D eigenvalue weighted by Crippen LogP contribution is 2.18. The molecule has 1 fully saturated rings. The number of ether oxygens (including phenoxy) is 2. The lowest BCUT2D eigenvalue weighted by atomic mass is 10.1. The molecule has 5 heteroatoms. The molecular formula is C12H26N2O3. The van der Waals surface area contributed by atoms with Crippen LogP contribution < -0.4 is 5.32 Å². The van der Waals surface area contributed by atoms with Crippen molar-refractivity contribution in [3.8, 4) is 0 Å². The Morgan fingerprint density at radius 1 is 1.59 bits per heavy atom. The molecule has 0 aromatic carbocycles. The van der Waals surface area contributed by atoms with Gasteiger partial charge in [-0.3, -0.25) is 4.90 Å². The van der Waals surface area contributed by atoms with E-state index in [-0.39, 0.29) is 12.2 Å². The molecule has 1 aliphatic heterocycles. The van der Waals surface area contributed by atoms with Crippen molar-refractivity contribution in [3.63, 3.8) is 0 Å². The van der Waals surface area contributed by atoms with Crippen molar-refractivity contribution in [1.82, 2.24) is 10.2 Å². The fraction of sp³-hybridized carbons (Fsp3) is 1.00. The van der Waals surface area contributed by atoms with Crippen LogP contribution in [0.3, 0.4) is 0 Å². The second kappa shape index (κ2) is 8.00. The van der Waals surface area contributed by atoms with Gasteiger partial charge in [-0.25, -0.2) is 0 Å². The molecule has 0 aliphatic carbocycles. The number of nitrogens with one attached hydrogen (secondary N) is 1. The van der Waals surface area contributed by atoms with Crippen molar-refractivity contribution in [2.75, 3.05) is 47.0 Å². The fourth-order valence-corrected chi connectivity index (χ4v) is 2.27. The smallest absolute Gasteiger partial charge is 0.0791 e. The van der Waals surface area contributed by atoms with Crippen LogP contribution in [0.2, 0.25) is 0 Å². The van der Waals surface area contributed by atoms with Gasteiger partial charge in [0.1, 0.15) is 0 Å². The van der Waals surface area contributed by atoms with E-state index in [0.717, 1.165) is 19.6 Å². The van der Waals surface area contributed by atoms with Crippen molar-refractivity contribution < 1.29 is 14.6 Å². The van der Waals surface area contributed by atoms with Gasteiger partial charge in [-0.2, -0.15) is 0 Å². The summed E-state index contributed by atoms with van der Waals surface area (Å²) in [6, 6.07) is 0.434. The molecule has 1 aliphatic rings. The van der Waals surface area contributed by atoms with Crippen LogP contribution in [0.25, 0.3) is 0 Å². The molecule has 1 heterocycles. The minimum atomic E-state index is -0.343. The van der Waals surface area contributed by atoms with Gasteiger partial charge in [0.05, 0.1) is 18.8 Å². The minimum absolute atomic E-state index is 0.272. The summed E-state index contributed by atoms with van der Waals surface area (Å²) in [7, 11) is 3.72. The molecule has 2 N–H and O–H groups in total. The lowest BCUT2D eigenvalue weighted by molar-refractivity contribution is 0.0576.